The molecule has 2 aliphatic rings. The lowest BCUT2D eigenvalue weighted by Gasteiger charge is -2.32. The highest BCUT2D eigenvalue weighted by Gasteiger charge is 2.48. The first kappa shape index (κ1) is 23.1. The fraction of sp³-hybridized carbons (Fsp3) is 0.609. The fourth-order valence-corrected chi connectivity index (χ4v) is 4.84. The smallest absolute Gasteiger partial charge is 0.465 e. The number of benzene rings is 1. The van der Waals surface area contributed by atoms with Crippen molar-refractivity contribution in [2.75, 3.05) is 6.61 Å². The van der Waals surface area contributed by atoms with E-state index in [1.165, 1.54) is 0 Å². The van der Waals surface area contributed by atoms with Crippen LogP contribution in [-0.2, 0) is 25.5 Å². The van der Waals surface area contributed by atoms with Gasteiger partial charge in [-0.1, -0.05) is 36.8 Å². The van der Waals surface area contributed by atoms with Crippen LogP contribution in [0.25, 0.3) is 0 Å². The SMILES string of the molecule is CCOC(=O)[C@H](CCc1ccccc1)N[C@@H](C)C(=O)N1[C@@H](OC(=O)O)C[C@@H]2CCC[C@@H]21. The van der Waals surface area contributed by atoms with E-state index in [1.54, 1.807) is 18.7 Å². The van der Waals surface area contributed by atoms with Crippen molar-refractivity contribution in [2.45, 2.75) is 76.7 Å². The van der Waals surface area contributed by atoms with Crippen LogP contribution in [0, 0.1) is 5.92 Å². The summed E-state index contributed by atoms with van der Waals surface area (Å²) in [6.07, 6.45) is 2.37. The van der Waals surface area contributed by atoms with Crippen LogP contribution in [0.1, 0.15) is 51.5 Å². The quantitative estimate of drug-likeness (QED) is 0.578. The third-order valence-electron chi connectivity index (χ3n) is 6.24. The van der Waals surface area contributed by atoms with Gasteiger partial charge >= 0.3 is 12.1 Å². The molecule has 5 atom stereocenters. The second-order valence-electron chi connectivity index (χ2n) is 8.30. The molecule has 0 radical (unpaired) electrons. The molecule has 2 fully saturated rings. The first-order valence-corrected chi connectivity index (χ1v) is 11.1. The zero-order valence-electron chi connectivity index (χ0n) is 18.2. The average Bonchev–Trinajstić information content (AvgIpc) is 3.31. The molecule has 0 aromatic heterocycles. The average molecular weight is 433 g/mol. The van der Waals surface area contributed by atoms with Gasteiger partial charge in [-0.2, -0.15) is 0 Å². The highest BCUT2D eigenvalue weighted by atomic mass is 16.7. The van der Waals surface area contributed by atoms with Crippen molar-refractivity contribution in [1.82, 2.24) is 10.2 Å². The van der Waals surface area contributed by atoms with Crippen LogP contribution in [0.2, 0.25) is 0 Å². The number of hydrogen-bond acceptors (Lipinski definition) is 6. The molecule has 1 saturated carbocycles. The third-order valence-corrected chi connectivity index (χ3v) is 6.24. The van der Waals surface area contributed by atoms with Gasteiger partial charge in [0.2, 0.25) is 5.91 Å². The van der Waals surface area contributed by atoms with Crippen molar-refractivity contribution in [3.8, 4) is 0 Å². The van der Waals surface area contributed by atoms with Crippen LogP contribution in [0.15, 0.2) is 30.3 Å². The Balaban J connectivity index is 1.68. The molecule has 1 aromatic carbocycles. The summed E-state index contributed by atoms with van der Waals surface area (Å²) in [6.45, 7) is 3.71. The van der Waals surface area contributed by atoms with Gasteiger partial charge < -0.3 is 19.5 Å². The lowest BCUT2D eigenvalue weighted by Crippen LogP contribution is -2.54. The van der Waals surface area contributed by atoms with E-state index in [0.717, 1.165) is 24.8 Å². The van der Waals surface area contributed by atoms with Gasteiger partial charge in [0.1, 0.15) is 6.04 Å². The topological polar surface area (TPSA) is 105 Å². The normalized spacial score (nSPS) is 24.3. The maximum atomic E-state index is 13.3. The van der Waals surface area contributed by atoms with Crippen LogP contribution in [-0.4, -0.2) is 59.0 Å². The van der Waals surface area contributed by atoms with Gasteiger partial charge in [-0.05, 0) is 51.0 Å². The summed E-state index contributed by atoms with van der Waals surface area (Å²) >= 11 is 0. The molecule has 1 aromatic rings. The molecule has 3 rings (SSSR count). The second-order valence-corrected chi connectivity index (χ2v) is 8.30. The molecule has 1 amide bonds. The third kappa shape index (κ3) is 5.76. The molecular weight excluding hydrogens is 400 g/mol. The number of rotatable bonds is 9. The molecule has 170 valence electrons. The maximum Gasteiger partial charge on any atom is 0.507 e. The van der Waals surface area contributed by atoms with E-state index >= 15 is 0 Å². The number of carbonyl (C=O) groups excluding carboxylic acids is 2. The number of carboxylic acid groups (broad SMARTS) is 1. The number of amides is 1. The van der Waals surface area contributed by atoms with Crippen LogP contribution in [0.4, 0.5) is 4.79 Å². The Hall–Kier alpha value is -2.61. The number of likely N-dealkylation sites (tertiary alicyclic amines) is 1. The molecule has 1 saturated heterocycles. The summed E-state index contributed by atoms with van der Waals surface area (Å²) in [7, 11) is 0. The molecule has 8 heteroatoms. The number of nitrogens with one attached hydrogen (secondary N) is 1. The van der Waals surface area contributed by atoms with Crippen molar-refractivity contribution in [1.29, 1.82) is 0 Å². The lowest BCUT2D eigenvalue weighted by molar-refractivity contribution is -0.148. The molecule has 0 unspecified atom stereocenters. The molecule has 0 spiro atoms. The van der Waals surface area contributed by atoms with E-state index in [9.17, 15) is 14.4 Å². The number of carbonyl (C=O) groups is 3. The maximum absolute atomic E-state index is 13.3. The summed E-state index contributed by atoms with van der Waals surface area (Å²) in [5.74, 6) is -0.370. The fourth-order valence-electron chi connectivity index (χ4n) is 4.84. The summed E-state index contributed by atoms with van der Waals surface area (Å²) < 4.78 is 10.2. The van der Waals surface area contributed by atoms with E-state index in [0.29, 0.717) is 19.3 Å². The van der Waals surface area contributed by atoms with Crippen LogP contribution in [0.3, 0.4) is 0 Å². The molecule has 2 N–H and O–H groups in total. The number of hydrogen-bond donors (Lipinski definition) is 2. The van der Waals surface area contributed by atoms with Gasteiger partial charge in [0.25, 0.3) is 0 Å². The van der Waals surface area contributed by atoms with Crippen molar-refractivity contribution < 1.29 is 29.0 Å². The second kappa shape index (κ2) is 10.6. The zero-order valence-corrected chi connectivity index (χ0v) is 18.2. The molecule has 1 aliphatic heterocycles. The first-order chi connectivity index (χ1) is 14.9. The molecule has 1 heterocycles. The van der Waals surface area contributed by atoms with Crippen LogP contribution >= 0.6 is 0 Å². The number of aryl methyl sites for hydroxylation is 1. The molecule has 1 aliphatic carbocycles. The minimum atomic E-state index is -1.38. The number of nitrogens with zero attached hydrogens (tertiary/aromatic N) is 1. The van der Waals surface area contributed by atoms with E-state index < -0.39 is 30.4 Å². The lowest BCUT2D eigenvalue weighted by atomic mass is 10.0. The van der Waals surface area contributed by atoms with Crippen molar-refractivity contribution >= 4 is 18.0 Å². The van der Waals surface area contributed by atoms with Gasteiger partial charge in [-0.25, -0.2) is 4.79 Å². The number of ether oxygens (including phenoxy) is 2. The monoisotopic (exact) mass is 432 g/mol. The van der Waals surface area contributed by atoms with E-state index in [-0.39, 0.29) is 24.5 Å². The van der Waals surface area contributed by atoms with Crippen molar-refractivity contribution in [3.05, 3.63) is 35.9 Å². The molecule has 0 bridgehead atoms. The first-order valence-electron chi connectivity index (χ1n) is 11.1. The zero-order chi connectivity index (χ0) is 22.4. The summed E-state index contributed by atoms with van der Waals surface area (Å²) in [6, 6.07) is 8.50. The standard InChI is InChI=1S/C23H32N2O6/c1-3-30-22(27)18(13-12-16-8-5-4-6-9-16)24-15(2)21(26)25-19-11-7-10-17(19)14-20(25)31-23(28)29/h4-6,8-9,15,17-20,24H,3,7,10-14H2,1-2H3,(H,28,29)/t15-,17-,18-,19-,20-/m0/s1. The Labute approximate surface area is 182 Å². The van der Waals surface area contributed by atoms with E-state index in [4.69, 9.17) is 14.6 Å². The summed E-state index contributed by atoms with van der Waals surface area (Å²) in [5.41, 5.74) is 1.10. The molecule has 8 nitrogen and oxygen atoms in total. The summed E-state index contributed by atoms with van der Waals surface area (Å²) in [5, 5.41) is 12.2. The van der Waals surface area contributed by atoms with Gasteiger partial charge in [0.05, 0.1) is 12.6 Å². The number of esters is 1. The van der Waals surface area contributed by atoms with Gasteiger partial charge in [-0.3, -0.25) is 14.9 Å². The number of fused-ring (bicyclic) bond motifs is 1. The van der Waals surface area contributed by atoms with Crippen molar-refractivity contribution in [2.24, 2.45) is 5.92 Å². The van der Waals surface area contributed by atoms with Crippen LogP contribution in [0.5, 0.6) is 0 Å². The minimum Gasteiger partial charge on any atom is -0.465 e. The molecular formula is C23H32N2O6. The Morgan fingerprint density at radius 1 is 1.23 bits per heavy atom. The van der Waals surface area contributed by atoms with Crippen molar-refractivity contribution in [3.63, 3.8) is 0 Å². The minimum absolute atomic E-state index is 0.00791. The van der Waals surface area contributed by atoms with Gasteiger partial charge in [-0.15, -0.1) is 0 Å². The molecule has 31 heavy (non-hydrogen) atoms. The van der Waals surface area contributed by atoms with Gasteiger partial charge in [0.15, 0.2) is 6.23 Å². The van der Waals surface area contributed by atoms with E-state index in [2.05, 4.69) is 5.32 Å². The summed E-state index contributed by atoms with van der Waals surface area (Å²) in [4.78, 5) is 38.6. The highest BCUT2D eigenvalue weighted by molar-refractivity contribution is 5.84. The predicted molar refractivity (Wildman–Crippen MR) is 113 cm³/mol. The Bertz CT molecular complexity index is 771. The highest BCUT2D eigenvalue weighted by Crippen LogP contribution is 2.41. The van der Waals surface area contributed by atoms with Crippen LogP contribution < -0.4 is 5.32 Å². The predicted octanol–water partition coefficient (Wildman–Crippen LogP) is 2.95. The Morgan fingerprint density at radius 3 is 2.65 bits per heavy atom. The van der Waals surface area contributed by atoms with Gasteiger partial charge in [0, 0.05) is 12.5 Å². The largest absolute Gasteiger partial charge is 0.507 e. The Kier molecular flexibility index (Phi) is 7.90. The Morgan fingerprint density at radius 2 is 1.97 bits per heavy atom. The van der Waals surface area contributed by atoms with E-state index in [1.807, 2.05) is 30.3 Å².